The summed E-state index contributed by atoms with van der Waals surface area (Å²) in [6.07, 6.45) is 2.72. The molecule has 4 atom stereocenters. The van der Waals surface area contributed by atoms with Crippen LogP contribution < -0.4 is 0 Å². The summed E-state index contributed by atoms with van der Waals surface area (Å²) in [7, 11) is -1.63. The maximum atomic E-state index is 6.86. The van der Waals surface area contributed by atoms with Gasteiger partial charge in [-0.3, -0.25) is 0 Å². The van der Waals surface area contributed by atoms with Crippen LogP contribution in [0.1, 0.15) is 32.3 Å². The lowest BCUT2D eigenvalue weighted by atomic mass is 9.45. The molecule has 2 bridgehead atoms. The molecule has 0 heterocycles. The third-order valence-corrected chi connectivity index (χ3v) is 9.69. The van der Waals surface area contributed by atoms with E-state index in [2.05, 4.69) is 57.3 Å². The maximum Gasteiger partial charge on any atom is 0.153 e. The minimum atomic E-state index is -1.63. The largest absolute Gasteiger partial charge is 0.376 e. The molecule has 3 aliphatic carbocycles. The molecule has 0 amide bonds. The van der Waals surface area contributed by atoms with Gasteiger partial charge >= 0.3 is 0 Å². The van der Waals surface area contributed by atoms with Crippen molar-refractivity contribution in [1.82, 2.24) is 0 Å². The van der Waals surface area contributed by atoms with Gasteiger partial charge in [0.15, 0.2) is 7.38 Å². The Morgan fingerprint density at radius 1 is 1.18 bits per heavy atom. The summed E-state index contributed by atoms with van der Waals surface area (Å²) in [5.41, 5.74) is 2.47. The summed E-state index contributed by atoms with van der Waals surface area (Å²) in [6, 6.07) is 10.5. The first-order valence-electron chi connectivity index (χ1n) is 8.60. The number of hydrogen-bond donors (Lipinski definition) is 0. The number of fused-ring (bicyclic) bond motifs is 2. The van der Waals surface area contributed by atoms with Crippen molar-refractivity contribution in [2.24, 2.45) is 23.2 Å². The molecule has 0 radical (unpaired) electrons. The lowest BCUT2D eigenvalue weighted by Crippen LogP contribution is -2.58. The lowest BCUT2D eigenvalue weighted by Gasteiger charge is -2.64. The van der Waals surface area contributed by atoms with Gasteiger partial charge in [-0.2, -0.15) is 11.1 Å². The zero-order chi connectivity index (χ0) is 16.0. The van der Waals surface area contributed by atoms with Crippen LogP contribution in [0.15, 0.2) is 30.3 Å². The highest BCUT2D eigenvalue weighted by atomic mass is 35.6. The normalized spacial score (nSPS) is 33.3. The summed E-state index contributed by atoms with van der Waals surface area (Å²) in [5.74, 6) is 2.35. The second-order valence-corrected chi connectivity index (χ2v) is 15.2. The van der Waals surface area contributed by atoms with Crippen LogP contribution in [0.2, 0.25) is 18.6 Å². The molecule has 122 valence electrons. The van der Waals surface area contributed by atoms with E-state index in [1.165, 1.54) is 18.4 Å². The first kappa shape index (κ1) is 16.5. The molecule has 22 heavy (non-hydrogen) atoms. The highest BCUT2D eigenvalue weighted by molar-refractivity contribution is 7.19. The molecule has 0 aliphatic heterocycles. The topological polar surface area (TPSA) is 9.23 Å². The minimum absolute atomic E-state index is 0.494. The smallest absolute Gasteiger partial charge is 0.153 e. The summed E-state index contributed by atoms with van der Waals surface area (Å²) >= 11 is 6.86. The third-order valence-electron chi connectivity index (χ3n) is 6.42. The molecule has 4 rings (SSSR count). The molecule has 1 nitrogen and oxygen atoms in total. The van der Waals surface area contributed by atoms with E-state index in [-0.39, 0.29) is 0 Å². The van der Waals surface area contributed by atoms with E-state index in [4.69, 9.17) is 15.8 Å². The zero-order valence-electron chi connectivity index (χ0n) is 14.3. The van der Waals surface area contributed by atoms with Gasteiger partial charge in [0.05, 0.1) is 13.2 Å². The van der Waals surface area contributed by atoms with Crippen molar-refractivity contribution in [2.45, 2.75) is 51.9 Å². The molecule has 1 aromatic carbocycles. The number of halogens is 1. The Labute approximate surface area is 141 Å². The van der Waals surface area contributed by atoms with E-state index in [0.717, 1.165) is 25.0 Å². The predicted octanol–water partition coefficient (Wildman–Crippen LogP) is 5.70. The van der Waals surface area contributed by atoms with Gasteiger partial charge in [-0.25, -0.2) is 0 Å². The summed E-state index contributed by atoms with van der Waals surface area (Å²) in [4.78, 5) is 0. The molecule has 0 N–H and O–H groups in total. The van der Waals surface area contributed by atoms with Crippen molar-refractivity contribution < 1.29 is 4.74 Å². The molecule has 0 aromatic heterocycles. The van der Waals surface area contributed by atoms with Gasteiger partial charge in [0, 0.05) is 0 Å². The van der Waals surface area contributed by atoms with Gasteiger partial charge in [0.2, 0.25) is 0 Å². The second-order valence-electron chi connectivity index (χ2n) is 8.43. The van der Waals surface area contributed by atoms with Crippen molar-refractivity contribution in [3.63, 3.8) is 0 Å². The first-order valence-corrected chi connectivity index (χ1v) is 12.7. The molecule has 0 spiro atoms. The van der Waals surface area contributed by atoms with Crippen LogP contribution in [0.25, 0.3) is 0 Å². The Bertz CT molecular complexity index is 508. The van der Waals surface area contributed by atoms with Crippen LogP contribution in [0.5, 0.6) is 0 Å². The fraction of sp³-hybridized carbons (Fsp3) is 0.684. The SMILES string of the molecule is CC1(C)C2CC1C(COCc1ccccc1)C([Si](C)(C)Cl)C2. The standard InChI is InChI=1S/C19H29ClOSi/c1-19(2)15-10-17(19)16(18(11-15)22(3,4)20)13-21-12-14-8-6-5-7-9-14/h5-9,15-18H,10-13H2,1-4H3. The van der Waals surface area contributed by atoms with Crippen molar-refractivity contribution in [2.75, 3.05) is 6.61 Å². The summed E-state index contributed by atoms with van der Waals surface area (Å²) in [6.45, 7) is 11.2. The molecule has 1 aromatic rings. The summed E-state index contributed by atoms with van der Waals surface area (Å²) < 4.78 is 6.14. The van der Waals surface area contributed by atoms with Crippen LogP contribution in [-0.4, -0.2) is 14.0 Å². The minimum Gasteiger partial charge on any atom is -0.376 e. The molecule has 3 fully saturated rings. The lowest BCUT2D eigenvalue weighted by molar-refractivity contribution is -0.125. The van der Waals surface area contributed by atoms with Gasteiger partial charge in [-0.05, 0) is 47.1 Å². The maximum absolute atomic E-state index is 6.86. The summed E-state index contributed by atoms with van der Waals surface area (Å²) in [5, 5.41) is 0. The third kappa shape index (κ3) is 3.02. The molecular formula is C19H29ClOSi. The van der Waals surface area contributed by atoms with Crippen LogP contribution >= 0.6 is 11.1 Å². The molecule has 4 unspecified atom stereocenters. The molecule has 0 saturated heterocycles. The van der Waals surface area contributed by atoms with E-state index in [0.29, 0.717) is 16.9 Å². The average molecular weight is 337 g/mol. The van der Waals surface area contributed by atoms with Crippen LogP contribution in [0.4, 0.5) is 0 Å². The van der Waals surface area contributed by atoms with E-state index in [1.54, 1.807) is 0 Å². The van der Waals surface area contributed by atoms with Gasteiger partial charge in [0.25, 0.3) is 0 Å². The van der Waals surface area contributed by atoms with Crippen LogP contribution in [-0.2, 0) is 11.3 Å². The van der Waals surface area contributed by atoms with Crippen LogP contribution in [0, 0.1) is 23.2 Å². The Morgan fingerprint density at radius 3 is 2.45 bits per heavy atom. The highest BCUT2D eigenvalue weighted by Crippen LogP contribution is 2.66. The number of ether oxygens (including phenoxy) is 1. The van der Waals surface area contributed by atoms with Gasteiger partial charge in [0.1, 0.15) is 0 Å². The van der Waals surface area contributed by atoms with E-state index in [1.807, 2.05) is 0 Å². The van der Waals surface area contributed by atoms with E-state index < -0.39 is 7.38 Å². The van der Waals surface area contributed by atoms with Gasteiger partial charge in [-0.15, -0.1) is 0 Å². The van der Waals surface area contributed by atoms with Crippen LogP contribution in [0.3, 0.4) is 0 Å². The Kier molecular flexibility index (Phi) is 4.48. The average Bonchev–Trinajstić information content (AvgIpc) is 2.47. The van der Waals surface area contributed by atoms with Crippen molar-refractivity contribution in [3.05, 3.63) is 35.9 Å². The van der Waals surface area contributed by atoms with Gasteiger partial charge in [-0.1, -0.05) is 57.3 Å². The van der Waals surface area contributed by atoms with Crippen molar-refractivity contribution in [1.29, 1.82) is 0 Å². The molecular weight excluding hydrogens is 308 g/mol. The predicted molar refractivity (Wildman–Crippen MR) is 96.7 cm³/mol. The van der Waals surface area contributed by atoms with Crippen molar-refractivity contribution in [3.8, 4) is 0 Å². The Balaban J connectivity index is 1.65. The molecule has 3 aliphatic rings. The fourth-order valence-electron chi connectivity index (χ4n) is 4.85. The number of rotatable bonds is 5. The zero-order valence-corrected chi connectivity index (χ0v) is 16.1. The van der Waals surface area contributed by atoms with Crippen molar-refractivity contribution >= 4 is 18.5 Å². The quantitative estimate of drug-likeness (QED) is 0.495. The fourth-order valence-corrected chi connectivity index (χ4v) is 7.80. The van der Waals surface area contributed by atoms with Gasteiger partial charge < -0.3 is 4.74 Å². The molecule has 3 saturated carbocycles. The van der Waals surface area contributed by atoms with E-state index in [9.17, 15) is 0 Å². The Morgan fingerprint density at radius 2 is 1.86 bits per heavy atom. The monoisotopic (exact) mass is 336 g/mol. The number of hydrogen-bond acceptors (Lipinski definition) is 1. The second kappa shape index (κ2) is 5.96. The first-order chi connectivity index (χ1) is 10.3. The van der Waals surface area contributed by atoms with E-state index >= 15 is 0 Å². The Hall–Kier alpha value is -0.313. The number of benzene rings is 1. The molecule has 3 heteroatoms. The highest BCUT2D eigenvalue weighted by Gasteiger charge is 2.60.